The van der Waals surface area contributed by atoms with Crippen LogP contribution in [0.5, 0.6) is 0 Å². The maximum atomic E-state index is 13.5. The molecule has 0 aromatic heterocycles. The number of hydrogen-bond acceptors (Lipinski definition) is 5. The standard InChI is InChI=1S/C28H26N4O4S/c29-28(31-34)23-8-6-7-21(17-23)19-32(24-9-2-1-3-10-24)27(33)18-20-13-15-22(16-14-20)25-11-4-5-12-26(25)37(30,35)36/h1-17,34H,18-19H2,(H2,29,31)(H2,30,35,36). The number of carbonyl (C=O) groups is 1. The fourth-order valence-corrected chi connectivity index (χ4v) is 4.79. The van der Waals surface area contributed by atoms with Gasteiger partial charge < -0.3 is 15.8 Å². The first kappa shape index (κ1) is 25.6. The zero-order chi connectivity index (χ0) is 26.4. The number of amides is 1. The first-order valence-electron chi connectivity index (χ1n) is 11.4. The fourth-order valence-electron chi connectivity index (χ4n) is 4.03. The smallest absolute Gasteiger partial charge is 0.238 e. The minimum Gasteiger partial charge on any atom is -0.409 e. The van der Waals surface area contributed by atoms with Crippen LogP contribution in [0.4, 0.5) is 5.69 Å². The molecular weight excluding hydrogens is 488 g/mol. The van der Waals surface area contributed by atoms with Crippen molar-refractivity contribution in [3.05, 3.63) is 120 Å². The van der Waals surface area contributed by atoms with Crippen LogP contribution in [0.2, 0.25) is 0 Å². The van der Waals surface area contributed by atoms with Gasteiger partial charge in [-0.15, -0.1) is 0 Å². The number of amidine groups is 1. The third-order valence-corrected chi connectivity index (χ3v) is 6.82. The van der Waals surface area contributed by atoms with Gasteiger partial charge in [0.1, 0.15) is 0 Å². The summed E-state index contributed by atoms with van der Waals surface area (Å²) in [6.07, 6.45) is 0.131. The molecular formula is C28H26N4O4S. The first-order valence-corrected chi connectivity index (χ1v) is 12.9. The molecule has 5 N–H and O–H groups in total. The number of oxime groups is 1. The predicted molar refractivity (Wildman–Crippen MR) is 144 cm³/mol. The zero-order valence-electron chi connectivity index (χ0n) is 19.9. The largest absolute Gasteiger partial charge is 0.409 e. The topological polar surface area (TPSA) is 139 Å². The lowest BCUT2D eigenvalue weighted by atomic mass is 10.0. The van der Waals surface area contributed by atoms with E-state index in [2.05, 4.69) is 5.16 Å². The highest BCUT2D eigenvalue weighted by Crippen LogP contribution is 2.27. The molecule has 188 valence electrons. The summed E-state index contributed by atoms with van der Waals surface area (Å²) >= 11 is 0. The third-order valence-electron chi connectivity index (χ3n) is 5.85. The van der Waals surface area contributed by atoms with Gasteiger partial charge in [-0.1, -0.05) is 84.0 Å². The van der Waals surface area contributed by atoms with Crippen LogP contribution in [0.25, 0.3) is 11.1 Å². The Kier molecular flexibility index (Phi) is 7.66. The number of sulfonamides is 1. The van der Waals surface area contributed by atoms with Crippen molar-refractivity contribution >= 4 is 27.5 Å². The van der Waals surface area contributed by atoms with Crippen LogP contribution < -0.4 is 15.8 Å². The van der Waals surface area contributed by atoms with Crippen molar-refractivity contribution in [3.8, 4) is 11.1 Å². The van der Waals surface area contributed by atoms with Gasteiger partial charge in [-0.3, -0.25) is 4.79 Å². The molecule has 0 aliphatic rings. The molecule has 0 aliphatic heterocycles. The van der Waals surface area contributed by atoms with E-state index in [0.29, 0.717) is 16.7 Å². The van der Waals surface area contributed by atoms with Crippen molar-refractivity contribution < 1.29 is 18.4 Å². The number of primary sulfonamides is 1. The Labute approximate surface area is 215 Å². The number of para-hydroxylation sites is 1. The van der Waals surface area contributed by atoms with Crippen molar-refractivity contribution in [2.45, 2.75) is 17.9 Å². The molecule has 4 aromatic rings. The van der Waals surface area contributed by atoms with Crippen LogP contribution in [0.1, 0.15) is 16.7 Å². The van der Waals surface area contributed by atoms with Crippen molar-refractivity contribution in [2.24, 2.45) is 16.0 Å². The summed E-state index contributed by atoms with van der Waals surface area (Å²) in [4.78, 5) is 15.2. The van der Waals surface area contributed by atoms with E-state index < -0.39 is 10.0 Å². The number of benzene rings is 4. The van der Waals surface area contributed by atoms with E-state index in [1.54, 1.807) is 65.6 Å². The van der Waals surface area contributed by atoms with Gasteiger partial charge in [0.25, 0.3) is 0 Å². The molecule has 0 bridgehead atoms. The summed E-state index contributed by atoms with van der Waals surface area (Å²) in [5.41, 5.74) is 9.79. The van der Waals surface area contributed by atoms with Crippen molar-refractivity contribution in [3.63, 3.8) is 0 Å². The Balaban J connectivity index is 1.59. The SMILES string of the molecule is NC(=NO)c1cccc(CN(C(=O)Cc2ccc(-c3ccccc3S(N)(=O)=O)cc2)c2ccccc2)c1. The summed E-state index contributed by atoms with van der Waals surface area (Å²) in [6.45, 7) is 0.287. The highest BCUT2D eigenvalue weighted by atomic mass is 32.2. The van der Waals surface area contributed by atoms with Crippen LogP contribution in [0.3, 0.4) is 0 Å². The lowest BCUT2D eigenvalue weighted by molar-refractivity contribution is -0.118. The maximum absolute atomic E-state index is 13.5. The number of nitrogens with zero attached hydrogens (tertiary/aromatic N) is 2. The summed E-state index contributed by atoms with van der Waals surface area (Å²) in [5, 5.41) is 17.4. The molecule has 9 heteroatoms. The van der Waals surface area contributed by atoms with Crippen LogP contribution >= 0.6 is 0 Å². The zero-order valence-corrected chi connectivity index (χ0v) is 20.7. The van der Waals surface area contributed by atoms with Gasteiger partial charge in [0.15, 0.2) is 5.84 Å². The molecule has 0 saturated heterocycles. The molecule has 0 saturated carbocycles. The molecule has 4 aromatic carbocycles. The molecule has 0 unspecified atom stereocenters. The number of carbonyl (C=O) groups excluding carboxylic acids is 1. The van der Waals surface area contributed by atoms with Gasteiger partial charge >= 0.3 is 0 Å². The molecule has 4 rings (SSSR count). The Morgan fingerprint density at radius 2 is 1.51 bits per heavy atom. The van der Waals surface area contributed by atoms with E-state index in [1.807, 2.05) is 36.4 Å². The molecule has 0 heterocycles. The van der Waals surface area contributed by atoms with E-state index in [4.69, 9.17) is 16.1 Å². The summed E-state index contributed by atoms with van der Waals surface area (Å²) in [7, 11) is -3.88. The number of anilines is 1. The van der Waals surface area contributed by atoms with Crippen LogP contribution in [-0.2, 0) is 27.8 Å². The Hall–Kier alpha value is -4.47. The Morgan fingerprint density at radius 1 is 0.838 bits per heavy atom. The maximum Gasteiger partial charge on any atom is 0.238 e. The molecule has 8 nitrogen and oxygen atoms in total. The average molecular weight is 515 g/mol. The summed E-state index contributed by atoms with van der Waals surface area (Å²) in [6, 6.07) is 30.2. The van der Waals surface area contributed by atoms with E-state index in [-0.39, 0.29) is 29.6 Å². The second-order valence-electron chi connectivity index (χ2n) is 8.42. The summed E-state index contributed by atoms with van der Waals surface area (Å²) < 4.78 is 24.0. The number of nitrogens with two attached hydrogens (primary N) is 2. The third kappa shape index (κ3) is 6.21. The molecule has 0 fully saturated rings. The minimum atomic E-state index is -3.88. The van der Waals surface area contributed by atoms with E-state index in [9.17, 15) is 13.2 Å². The highest BCUT2D eigenvalue weighted by Gasteiger charge is 2.18. The van der Waals surface area contributed by atoms with Gasteiger partial charge in [0.05, 0.1) is 17.9 Å². The van der Waals surface area contributed by atoms with Gasteiger partial charge in [0.2, 0.25) is 15.9 Å². The van der Waals surface area contributed by atoms with Crippen LogP contribution in [0, 0.1) is 0 Å². The number of hydrogen-bond donors (Lipinski definition) is 3. The lowest BCUT2D eigenvalue weighted by Gasteiger charge is -2.23. The number of rotatable bonds is 8. The Morgan fingerprint density at radius 3 is 2.19 bits per heavy atom. The summed E-state index contributed by atoms with van der Waals surface area (Å²) in [5.74, 6) is -0.137. The molecule has 0 aliphatic carbocycles. The van der Waals surface area contributed by atoms with E-state index in [0.717, 1.165) is 16.8 Å². The quantitative estimate of drug-likeness (QED) is 0.142. The van der Waals surface area contributed by atoms with Gasteiger partial charge in [0, 0.05) is 16.8 Å². The Bertz CT molecular complexity index is 1540. The predicted octanol–water partition coefficient (Wildman–Crippen LogP) is 3.87. The van der Waals surface area contributed by atoms with E-state index in [1.165, 1.54) is 6.07 Å². The van der Waals surface area contributed by atoms with Gasteiger partial charge in [-0.2, -0.15) is 0 Å². The second-order valence-corrected chi connectivity index (χ2v) is 9.95. The normalized spacial score (nSPS) is 11.8. The van der Waals surface area contributed by atoms with Gasteiger partial charge in [-0.25, -0.2) is 13.6 Å². The minimum absolute atomic E-state index is 0.0106. The molecule has 37 heavy (non-hydrogen) atoms. The van der Waals surface area contributed by atoms with Gasteiger partial charge in [-0.05, 0) is 41.0 Å². The van der Waals surface area contributed by atoms with Crippen molar-refractivity contribution in [1.29, 1.82) is 0 Å². The average Bonchev–Trinajstić information content (AvgIpc) is 2.92. The molecule has 0 atom stereocenters. The van der Waals surface area contributed by atoms with Crippen LogP contribution in [0.15, 0.2) is 113 Å². The fraction of sp³-hybridized carbons (Fsp3) is 0.0714. The molecule has 0 radical (unpaired) electrons. The highest BCUT2D eigenvalue weighted by molar-refractivity contribution is 7.89. The van der Waals surface area contributed by atoms with Crippen LogP contribution in [-0.4, -0.2) is 25.4 Å². The lowest BCUT2D eigenvalue weighted by Crippen LogP contribution is -2.31. The molecule has 0 spiro atoms. The monoisotopic (exact) mass is 514 g/mol. The second kappa shape index (κ2) is 11.1. The van der Waals surface area contributed by atoms with Crippen molar-refractivity contribution in [1.82, 2.24) is 0 Å². The first-order chi connectivity index (χ1) is 17.8. The van der Waals surface area contributed by atoms with Crippen molar-refractivity contribution in [2.75, 3.05) is 4.90 Å². The van der Waals surface area contributed by atoms with E-state index >= 15 is 0 Å². The molecule has 1 amide bonds.